The molecule has 1 amide bonds. The third-order valence-electron chi connectivity index (χ3n) is 2.86. The van der Waals surface area contributed by atoms with Crippen molar-refractivity contribution in [3.05, 3.63) is 68.6 Å². The van der Waals surface area contributed by atoms with Crippen LogP contribution in [-0.2, 0) is 0 Å². The largest absolute Gasteiger partial charge is 0.394 e. The molecule has 0 fully saturated rings. The average molecular weight is 399 g/mol. The average Bonchev–Trinajstić information content (AvgIpc) is 2.48. The number of hydrogen-bond acceptors (Lipinski definition) is 2. The molecule has 0 saturated heterocycles. The number of nitrogens with one attached hydrogen (secondary N) is 1. The molecule has 0 heterocycles. The summed E-state index contributed by atoms with van der Waals surface area (Å²) in [7, 11) is 0. The highest BCUT2D eigenvalue weighted by molar-refractivity contribution is 9.11. The molecule has 1 atom stereocenters. The van der Waals surface area contributed by atoms with Gasteiger partial charge in [-0.2, -0.15) is 0 Å². The summed E-state index contributed by atoms with van der Waals surface area (Å²) in [6.07, 6.45) is 0. The molecule has 0 aliphatic carbocycles. The molecule has 3 nitrogen and oxygen atoms in total. The predicted octanol–water partition coefficient (Wildman–Crippen LogP) is 3.68. The van der Waals surface area contributed by atoms with Gasteiger partial charge in [-0.25, -0.2) is 0 Å². The van der Waals surface area contributed by atoms with Gasteiger partial charge in [0.15, 0.2) is 0 Å². The Morgan fingerprint density at radius 3 is 2.50 bits per heavy atom. The molecule has 20 heavy (non-hydrogen) atoms. The lowest BCUT2D eigenvalue weighted by Crippen LogP contribution is -2.31. The van der Waals surface area contributed by atoms with Crippen molar-refractivity contribution in [1.29, 1.82) is 0 Å². The van der Waals surface area contributed by atoms with E-state index in [1.54, 1.807) is 12.1 Å². The first-order valence-electron chi connectivity index (χ1n) is 6.03. The molecule has 2 aromatic carbocycles. The Kier molecular flexibility index (Phi) is 5.34. The molecule has 0 bridgehead atoms. The van der Waals surface area contributed by atoms with Crippen molar-refractivity contribution in [3.63, 3.8) is 0 Å². The van der Waals surface area contributed by atoms with Gasteiger partial charge in [0.2, 0.25) is 0 Å². The van der Waals surface area contributed by atoms with Crippen LogP contribution in [-0.4, -0.2) is 17.6 Å². The molecule has 5 heteroatoms. The van der Waals surface area contributed by atoms with Crippen LogP contribution in [0.15, 0.2) is 57.5 Å². The van der Waals surface area contributed by atoms with Crippen LogP contribution < -0.4 is 5.32 Å². The summed E-state index contributed by atoms with van der Waals surface area (Å²) >= 11 is 6.70. The molecule has 0 unspecified atom stereocenters. The fourth-order valence-corrected chi connectivity index (χ4v) is 2.62. The van der Waals surface area contributed by atoms with Gasteiger partial charge in [0.1, 0.15) is 0 Å². The van der Waals surface area contributed by atoms with Crippen molar-refractivity contribution in [1.82, 2.24) is 5.32 Å². The number of aliphatic hydroxyl groups is 1. The van der Waals surface area contributed by atoms with E-state index in [-0.39, 0.29) is 12.5 Å². The van der Waals surface area contributed by atoms with Gasteiger partial charge < -0.3 is 10.4 Å². The standard InChI is InChI=1S/C15H13Br2NO2/c16-11-6-7-13(17)12(8-11)15(20)18-14(9-19)10-4-2-1-3-5-10/h1-8,14,19H,9H2,(H,18,20)/t14-/m1/s1. The minimum absolute atomic E-state index is 0.151. The van der Waals surface area contributed by atoms with Crippen molar-refractivity contribution >= 4 is 37.8 Å². The van der Waals surface area contributed by atoms with Gasteiger partial charge in [0.05, 0.1) is 18.2 Å². The minimum Gasteiger partial charge on any atom is -0.394 e. The molecule has 0 aromatic heterocycles. The van der Waals surface area contributed by atoms with Crippen molar-refractivity contribution in [2.75, 3.05) is 6.61 Å². The number of rotatable bonds is 4. The van der Waals surface area contributed by atoms with Crippen LogP contribution in [0.2, 0.25) is 0 Å². The normalized spacial score (nSPS) is 11.9. The lowest BCUT2D eigenvalue weighted by atomic mass is 10.1. The van der Waals surface area contributed by atoms with Crippen molar-refractivity contribution in [2.45, 2.75) is 6.04 Å². The Morgan fingerprint density at radius 1 is 1.15 bits per heavy atom. The number of hydrogen-bond donors (Lipinski definition) is 2. The molecule has 0 aliphatic rings. The van der Waals surface area contributed by atoms with Gasteiger partial charge in [0, 0.05) is 8.95 Å². The van der Waals surface area contributed by atoms with E-state index in [1.807, 2.05) is 36.4 Å². The molecule has 0 spiro atoms. The summed E-state index contributed by atoms with van der Waals surface area (Å²) in [5, 5.41) is 12.3. The monoisotopic (exact) mass is 397 g/mol. The number of amides is 1. The van der Waals surface area contributed by atoms with Gasteiger partial charge in [0.25, 0.3) is 5.91 Å². The molecule has 0 saturated carbocycles. The maximum atomic E-state index is 12.3. The molecule has 104 valence electrons. The van der Waals surface area contributed by atoms with Crippen LogP contribution in [0.4, 0.5) is 0 Å². The molecular weight excluding hydrogens is 386 g/mol. The predicted molar refractivity (Wildman–Crippen MR) is 85.6 cm³/mol. The lowest BCUT2D eigenvalue weighted by molar-refractivity contribution is 0.0915. The fourth-order valence-electron chi connectivity index (χ4n) is 1.83. The topological polar surface area (TPSA) is 49.3 Å². The highest BCUT2D eigenvalue weighted by Crippen LogP contribution is 2.22. The second-order valence-electron chi connectivity index (χ2n) is 4.24. The Balaban J connectivity index is 2.20. The van der Waals surface area contributed by atoms with Gasteiger partial charge in [-0.15, -0.1) is 0 Å². The van der Waals surface area contributed by atoms with Crippen molar-refractivity contribution in [3.8, 4) is 0 Å². The number of aliphatic hydroxyl groups excluding tert-OH is 1. The van der Waals surface area contributed by atoms with Crippen LogP contribution in [0.25, 0.3) is 0 Å². The lowest BCUT2D eigenvalue weighted by Gasteiger charge is -2.17. The van der Waals surface area contributed by atoms with Crippen LogP contribution >= 0.6 is 31.9 Å². The van der Waals surface area contributed by atoms with Crippen LogP contribution in [0.5, 0.6) is 0 Å². The fraction of sp³-hybridized carbons (Fsp3) is 0.133. The zero-order valence-electron chi connectivity index (χ0n) is 10.5. The molecule has 0 radical (unpaired) electrons. The van der Waals surface area contributed by atoms with E-state index in [0.717, 1.165) is 10.0 Å². The molecule has 0 aliphatic heterocycles. The minimum atomic E-state index is -0.422. The maximum Gasteiger partial charge on any atom is 0.253 e. The highest BCUT2D eigenvalue weighted by Gasteiger charge is 2.16. The molecule has 2 N–H and O–H groups in total. The Labute approximate surface area is 134 Å². The summed E-state index contributed by atoms with van der Waals surface area (Å²) in [6, 6.07) is 14.3. The van der Waals surface area contributed by atoms with Crippen molar-refractivity contribution < 1.29 is 9.90 Å². The van der Waals surface area contributed by atoms with E-state index in [1.165, 1.54) is 0 Å². The van der Waals surface area contributed by atoms with Crippen LogP contribution in [0, 0.1) is 0 Å². The van der Waals surface area contributed by atoms with E-state index in [9.17, 15) is 9.90 Å². The highest BCUT2D eigenvalue weighted by atomic mass is 79.9. The quantitative estimate of drug-likeness (QED) is 0.825. The second-order valence-corrected chi connectivity index (χ2v) is 6.01. The third kappa shape index (κ3) is 3.69. The number of carbonyl (C=O) groups excluding carboxylic acids is 1. The number of halogens is 2. The summed E-state index contributed by atoms with van der Waals surface area (Å²) in [4.78, 5) is 12.3. The first-order chi connectivity index (χ1) is 9.61. The van der Waals surface area contributed by atoms with E-state index < -0.39 is 6.04 Å². The van der Waals surface area contributed by atoms with Gasteiger partial charge >= 0.3 is 0 Å². The van der Waals surface area contributed by atoms with E-state index in [0.29, 0.717) is 10.0 Å². The van der Waals surface area contributed by atoms with Crippen LogP contribution in [0.1, 0.15) is 22.0 Å². The summed E-state index contributed by atoms with van der Waals surface area (Å²) in [6.45, 7) is -0.151. The molecule has 2 rings (SSSR count). The zero-order chi connectivity index (χ0) is 14.5. The van der Waals surface area contributed by atoms with E-state index in [2.05, 4.69) is 37.2 Å². The summed E-state index contributed by atoms with van der Waals surface area (Å²) in [5.41, 5.74) is 1.39. The summed E-state index contributed by atoms with van der Waals surface area (Å²) in [5.74, 6) is -0.235. The van der Waals surface area contributed by atoms with Gasteiger partial charge in [-0.1, -0.05) is 46.3 Å². The SMILES string of the molecule is O=C(N[C@H](CO)c1ccccc1)c1cc(Br)ccc1Br. The Bertz CT molecular complexity index is 602. The zero-order valence-corrected chi connectivity index (χ0v) is 13.7. The smallest absolute Gasteiger partial charge is 0.253 e. The van der Waals surface area contributed by atoms with Gasteiger partial charge in [-0.05, 0) is 39.7 Å². The molecular formula is C15H13Br2NO2. The van der Waals surface area contributed by atoms with E-state index in [4.69, 9.17) is 0 Å². The first kappa shape index (κ1) is 15.2. The van der Waals surface area contributed by atoms with Crippen LogP contribution in [0.3, 0.4) is 0 Å². The maximum absolute atomic E-state index is 12.3. The number of benzene rings is 2. The number of carbonyl (C=O) groups is 1. The first-order valence-corrected chi connectivity index (χ1v) is 7.62. The van der Waals surface area contributed by atoms with Gasteiger partial charge in [-0.3, -0.25) is 4.79 Å². The van der Waals surface area contributed by atoms with Crippen molar-refractivity contribution in [2.24, 2.45) is 0 Å². The second kappa shape index (κ2) is 7.02. The Morgan fingerprint density at radius 2 is 1.85 bits per heavy atom. The third-order valence-corrected chi connectivity index (χ3v) is 4.05. The summed E-state index contributed by atoms with van der Waals surface area (Å²) < 4.78 is 1.54. The van der Waals surface area contributed by atoms with E-state index >= 15 is 0 Å². The molecule has 2 aromatic rings. The Hall–Kier alpha value is -1.17.